The van der Waals surface area contributed by atoms with Crippen LogP contribution >= 0.6 is 11.6 Å². The van der Waals surface area contributed by atoms with Crippen molar-refractivity contribution in [2.24, 2.45) is 29.1 Å². The highest BCUT2D eigenvalue weighted by atomic mass is 35.5. The molecule has 5 nitrogen and oxygen atoms in total. The Morgan fingerprint density at radius 1 is 1.18 bits per heavy atom. The topological polar surface area (TPSA) is 91.7 Å². The molecular weight excluding hydrogens is 380 g/mol. The molecule has 2 N–H and O–H groups in total. The summed E-state index contributed by atoms with van der Waals surface area (Å²) in [6, 6.07) is 0. The molecule has 0 aliphatic heterocycles. The Kier molecular flexibility index (Phi) is 5.63. The van der Waals surface area contributed by atoms with Gasteiger partial charge in [0.25, 0.3) is 5.97 Å². The molecule has 0 aromatic carbocycles. The molecule has 0 aromatic rings. The minimum Gasteiger partial charge on any atom is -0.481 e. The van der Waals surface area contributed by atoms with Crippen LogP contribution in [0.3, 0.4) is 0 Å². The van der Waals surface area contributed by atoms with Crippen LogP contribution in [0.5, 0.6) is 0 Å². The lowest BCUT2D eigenvalue weighted by atomic mass is 9.52. The minimum absolute atomic E-state index is 0.0966. The van der Waals surface area contributed by atoms with E-state index >= 15 is 0 Å². The second kappa shape index (κ2) is 7.42. The lowest BCUT2D eigenvalue weighted by Crippen LogP contribution is -2.55. The number of Topliss-reactive ketones (excluding diaryl/α,β-unsaturated/α-hetero) is 1. The van der Waals surface area contributed by atoms with E-state index < -0.39 is 11.6 Å². The first-order chi connectivity index (χ1) is 13.0. The summed E-state index contributed by atoms with van der Waals surface area (Å²) in [5.41, 5.74) is -0.529. The molecule has 0 heterocycles. The maximum Gasteiger partial charge on any atom is 0.300 e. The van der Waals surface area contributed by atoms with E-state index in [-0.39, 0.29) is 22.9 Å². The van der Waals surface area contributed by atoms with Crippen molar-refractivity contribution < 1.29 is 24.6 Å². The Morgan fingerprint density at radius 2 is 1.82 bits per heavy atom. The molecule has 0 amide bonds. The van der Waals surface area contributed by atoms with E-state index in [2.05, 4.69) is 13.0 Å². The highest BCUT2D eigenvalue weighted by molar-refractivity contribution is 6.32. The van der Waals surface area contributed by atoms with Crippen LogP contribution in [0.4, 0.5) is 0 Å². The molecule has 0 bridgehead atoms. The molecule has 28 heavy (non-hydrogen) atoms. The number of halogens is 1. The number of carboxylic acid groups (broad SMARTS) is 1. The number of hydrogen-bond acceptors (Lipinski definition) is 4. The maximum atomic E-state index is 12.2. The van der Waals surface area contributed by atoms with Crippen molar-refractivity contribution >= 4 is 29.1 Å². The molecule has 0 spiro atoms. The van der Waals surface area contributed by atoms with Crippen molar-refractivity contribution in [2.75, 3.05) is 0 Å². The van der Waals surface area contributed by atoms with Gasteiger partial charge in [-0.1, -0.05) is 24.6 Å². The highest BCUT2D eigenvalue weighted by Gasteiger charge is 2.64. The van der Waals surface area contributed by atoms with E-state index in [1.807, 2.05) is 0 Å². The summed E-state index contributed by atoms with van der Waals surface area (Å²) in [6.07, 6.45) is 8.67. The highest BCUT2D eigenvalue weighted by Crippen LogP contribution is 2.64. The van der Waals surface area contributed by atoms with Gasteiger partial charge in [-0.15, -0.1) is 0 Å². The van der Waals surface area contributed by atoms with Crippen LogP contribution < -0.4 is 0 Å². The number of fused-ring (bicyclic) bond motifs is 5. The van der Waals surface area contributed by atoms with Crippen LogP contribution in [0.25, 0.3) is 0 Å². The normalized spacial score (nSPS) is 41.4. The Bertz CT molecular complexity index is 765. The van der Waals surface area contributed by atoms with Crippen LogP contribution in [0.2, 0.25) is 0 Å². The van der Waals surface area contributed by atoms with Gasteiger partial charge in [0, 0.05) is 23.8 Å². The van der Waals surface area contributed by atoms with Crippen molar-refractivity contribution in [3.63, 3.8) is 0 Å². The Hall–Kier alpha value is -1.46. The molecule has 0 saturated heterocycles. The quantitative estimate of drug-likeness (QED) is 0.686. The van der Waals surface area contributed by atoms with Crippen LogP contribution in [-0.2, 0) is 14.4 Å². The van der Waals surface area contributed by atoms with Gasteiger partial charge in [0.1, 0.15) is 5.60 Å². The fourth-order valence-corrected chi connectivity index (χ4v) is 6.63. The van der Waals surface area contributed by atoms with Crippen LogP contribution in [0.1, 0.15) is 59.3 Å². The van der Waals surface area contributed by atoms with Gasteiger partial charge in [-0.05, 0) is 74.3 Å². The van der Waals surface area contributed by atoms with Crippen molar-refractivity contribution in [3.8, 4) is 0 Å². The molecule has 4 aliphatic rings. The standard InChI is InChI=1S/C20H25ClO3.C2H4O2/c1-11(22)20(24)8-6-17-15-10-18(21)16-9-12(23)3-4-13(16)14(15)5-7-19(17,20)2;1-2(3)4/h9-10,13-15,17,24H,3-8H2,1-2H3;1H3,(H,3,4)/t13-,14-,15-,17+,19+,20+;/m1./s1. The van der Waals surface area contributed by atoms with E-state index in [0.29, 0.717) is 30.6 Å². The first-order valence-electron chi connectivity index (χ1n) is 10.1. The molecule has 4 aliphatic carbocycles. The van der Waals surface area contributed by atoms with E-state index in [1.165, 1.54) is 6.92 Å². The fourth-order valence-electron chi connectivity index (χ4n) is 6.29. The van der Waals surface area contributed by atoms with E-state index in [1.54, 1.807) is 6.08 Å². The zero-order valence-corrected chi connectivity index (χ0v) is 17.5. The summed E-state index contributed by atoms with van der Waals surface area (Å²) in [5, 5.41) is 19.2. The van der Waals surface area contributed by atoms with E-state index in [9.17, 15) is 14.7 Å². The number of hydrogen-bond donors (Lipinski definition) is 2. The van der Waals surface area contributed by atoms with Gasteiger partial charge >= 0.3 is 0 Å². The van der Waals surface area contributed by atoms with Gasteiger partial charge in [0.2, 0.25) is 0 Å². The average Bonchev–Trinajstić information content (AvgIpc) is 2.88. The summed E-state index contributed by atoms with van der Waals surface area (Å²) >= 11 is 6.56. The number of rotatable bonds is 1. The largest absolute Gasteiger partial charge is 0.481 e. The number of aliphatic carboxylic acids is 1. The molecule has 154 valence electrons. The third kappa shape index (κ3) is 3.26. The van der Waals surface area contributed by atoms with E-state index in [4.69, 9.17) is 21.5 Å². The number of carboxylic acids is 1. The Balaban J connectivity index is 0.000000516. The van der Waals surface area contributed by atoms with Crippen molar-refractivity contribution in [3.05, 3.63) is 22.8 Å². The Labute approximate surface area is 170 Å². The maximum absolute atomic E-state index is 12.2. The molecule has 6 atom stereocenters. The summed E-state index contributed by atoms with van der Waals surface area (Å²) in [6.45, 7) is 4.71. The van der Waals surface area contributed by atoms with Crippen LogP contribution in [0, 0.1) is 29.1 Å². The second-order valence-electron chi connectivity index (χ2n) is 9.00. The average molecular weight is 409 g/mol. The van der Waals surface area contributed by atoms with Gasteiger partial charge in [0.05, 0.1) is 0 Å². The smallest absolute Gasteiger partial charge is 0.300 e. The Morgan fingerprint density at radius 3 is 2.43 bits per heavy atom. The van der Waals surface area contributed by atoms with Gasteiger partial charge in [-0.2, -0.15) is 0 Å². The van der Waals surface area contributed by atoms with Crippen molar-refractivity contribution in [2.45, 2.75) is 64.9 Å². The van der Waals surface area contributed by atoms with E-state index in [0.717, 1.165) is 43.2 Å². The number of allylic oxidation sites excluding steroid dienone is 4. The lowest BCUT2D eigenvalue weighted by Gasteiger charge is -2.53. The number of carbonyl (C=O) groups excluding carboxylic acids is 2. The zero-order valence-electron chi connectivity index (χ0n) is 16.7. The summed E-state index contributed by atoms with van der Waals surface area (Å²) < 4.78 is 0. The predicted octanol–water partition coefficient (Wildman–Crippen LogP) is 3.88. The molecular formula is C22H29ClO5. The number of carbonyl (C=O) groups is 3. The van der Waals surface area contributed by atoms with Gasteiger partial charge in [-0.3, -0.25) is 14.4 Å². The molecule has 2 fully saturated rings. The first kappa shape index (κ1) is 21.3. The second-order valence-corrected chi connectivity index (χ2v) is 9.41. The molecule has 6 heteroatoms. The van der Waals surface area contributed by atoms with Crippen molar-refractivity contribution in [1.82, 2.24) is 0 Å². The summed E-state index contributed by atoms with van der Waals surface area (Å²) in [5.74, 6) is 0.692. The van der Waals surface area contributed by atoms with Gasteiger partial charge in [0.15, 0.2) is 11.6 Å². The summed E-state index contributed by atoms with van der Waals surface area (Å²) in [4.78, 5) is 33.0. The molecule has 0 radical (unpaired) electrons. The monoisotopic (exact) mass is 408 g/mol. The zero-order chi connectivity index (χ0) is 20.9. The van der Waals surface area contributed by atoms with Gasteiger partial charge in [-0.25, -0.2) is 0 Å². The molecule has 0 unspecified atom stereocenters. The molecule has 4 rings (SSSR count). The SMILES string of the molecule is CC(=O)O.CC(=O)[C@@]1(O)CC[C@H]2[C@@H]3C=C(Cl)C4=CC(=O)CC[C@@H]4[C@H]3CC[C@@]21C. The van der Waals surface area contributed by atoms with Crippen molar-refractivity contribution in [1.29, 1.82) is 0 Å². The predicted molar refractivity (Wildman–Crippen MR) is 106 cm³/mol. The number of ketones is 2. The lowest BCUT2D eigenvalue weighted by molar-refractivity contribution is -0.155. The van der Waals surface area contributed by atoms with Gasteiger partial charge < -0.3 is 10.2 Å². The van der Waals surface area contributed by atoms with Crippen LogP contribution in [0.15, 0.2) is 22.8 Å². The third-order valence-electron chi connectivity index (χ3n) is 7.67. The van der Waals surface area contributed by atoms with Crippen LogP contribution in [-0.4, -0.2) is 33.3 Å². The first-order valence-corrected chi connectivity index (χ1v) is 10.4. The third-order valence-corrected chi connectivity index (χ3v) is 8.01. The molecule has 2 saturated carbocycles. The molecule has 0 aromatic heterocycles. The fraction of sp³-hybridized carbons (Fsp3) is 0.682. The summed E-state index contributed by atoms with van der Waals surface area (Å²) in [7, 11) is 0. The number of aliphatic hydroxyl groups is 1. The minimum atomic E-state index is -1.19.